The van der Waals surface area contributed by atoms with Crippen LogP contribution in [0.3, 0.4) is 0 Å². The van der Waals surface area contributed by atoms with E-state index in [9.17, 15) is 8.42 Å². The molecule has 0 aliphatic carbocycles. The summed E-state index contributed by atoms with van der Waals surface area (Å²) in [6.45, 7) is 3.71. The summed E-state index contributed by atoms with van der Waals surface area (Å²) in [6, 6.07) is 0. The smallest absolute Gasteiger partial charge is 0.236 e. The molecule has 0 amide bonds. The fourth-order valence-corrected chi connectivity index (χ4v) is 2.35. The molecule has 10 heteroatoms. The maximum atomic E-state index is 11.9. The van der Waals surface area contributed by atoms with Crippen molar-refractivity contribution in [3.63, 3.8) is 0 Å². The Labute approximate surface area is 117 Å². The van der Waals surface area contributed by atoms with Crippen molar-refractivity contribution in [3.05, 3.63) is 11.8 Å². The molecule has 0 atom stereocenters. The number of nitrogens with zero attached hydrogens (tertiary/aromatic N) is 3. The summed E-state index contributed by atoms with van der Waals surface area (Å²) in [4.78, 5) is 0. The molecule has 0 saturated heterocycles. The predicted octanol–water partition coefficient (Wildman–Crippen LogP) is -0.319. The molecule has 0 aliphatic rings. The Morgan fingerprint density at radius 1 is 1.65 bits per heavy atom. The number of amidine groups is 1. The molecule has 20 heavy (non-hydrogen) atoms. The molecule has 0 saturated carbocycles. The van der Waals surface area contributed by atoms with Gasteiger partial charge < -0.3 is 15.7 Å². The van der Waals surface area contributed by atoms with E-state index in [2.05, 4.69) is 15.0 Å². The summed E-state index contributed by atoms with van der Waals surface area (Å²) in [5.74, 6) is -0.300. The second kappa shape index (κ2) is 6.57. The fraction of sp³-hybridized carbons (Fsp3) is 0.600. The molecule has 0 aromatic carbocycles. The first-order chi connectivity index (χ1) is 9.26. The van der Waals surface area contributed by atoms with Gasteiger partial charge >= 0.3 is 0 Å². The van der Waals surface area contributed by atoms with Crippen LogP contribution in [0.5, 0.6) is 0 Å². The Morgan fingerprint density at radius 2 is 2.30 bits per heavy atom. The van der Waals surface area contributed by atoms with Crippen molar-refractivity contribution in [2.45, 2.75) is 20.0 Å². The quantitative estimate of drug-likeness (QED) is 0.274. The molecule has 9 nitrogen and oxygen atoms in total. The maximum Gasteiger partial charge on any atom is 0.236 e. The third-order valence-electron chi connectivity index (χ3n) is 2.38. The topological polar surface area (TPSA) is 132 Å². The van der Waals surface area contributed by atoms with Gasteiger partial charge in [0, 0.05) is 7.05 Å². The minimum Gasteiger partial charge on any atom is -0.409 e. The van der Waals surface area contributed by atoms with Gasteiger partial charge in [-0.3, -0.25) is 9.40 Å². The van der Waals surface area contributed by atoms with Crippen LogP contribution in [-0.2, 0) is 21.8 Å². The van der Waals surface area contributed by atoms with Gasteiger partial charge in [-0.2, -0.15) is 5.10 Å². The van der Waals surface area contributed by atoms with E-state index >= 15 is 0 Å². The van der Waals surface area contributed by atoms with Crippen LogP contribution in [0.15, 0.2) is 11.4 Å². The minimum atomic E-state index is -3.61. The Morgan fingerprint density at radius 3 is 2.85 bits per heavy atom. The normalized spacial score (nSPS) is 12.9. The zero-order chi connectivity index (χ0) is 15.3. The molecule has 114 valence electrons. The van der Waals surface area contributed by atoms with Crippen molar-refractivity contribution in [1.82, 2.24) is 9.78 Å². The number of oxime groups is 1. The molecule has 0 bridgehead atoms. The van der Waals surface area contributed by atoms with E-state index < -0.39 is 10.0 Å². The Hall–Kier alpha value is -1.81. The van der Waals surface area contributed by atoms with Gasteiger partial charge in [-0.25, -0.2) is 8.42 Å². The molecule has 0 fully saturated rings. The van der Waals surface area contributed by atoms with Crippen LogP contribution < -0.4 is 10.5 Å². The number of rotatable bonds is 7. The maximum absolute atomic E-state index is 11.9. The van der Waals surface area contributed by atoms with Crippen LogP contribution in [0.4, 0.5) is 5.82 Å². The van der Waals surface area contributed by atoms with Crippen LogP contribution in [0.1, 0.15) is 19.4 Å². The van der Waals surface area contributed by atoms with Crippen LogP contribution >= 0.6 is 0 Å². The minimum absolute atomic E-state index is 0.0466. The summed E-state index contributed by atoms with van der Waals surface area (Å²) in [5.41, 5.74) is 5.65. The van der Waals surface area contributed by atoms with Crippen molar-refractivity contribution < 1.29 is 18.4 Å². The Kier molecular flexibility index (Phi) is 5.34. The number of nitrogens with one attached hydrogen (secondary N) is 1. The van der Waals surface area contributed by atoms with E-state index in [4.69, 9.17) is 15.7 Å². The summed E-state index contributed by atoms with van der Waals surface area (Å²) >= 11 is 0. The molecule has 1 rings (SSSR count). The summed E-state index contributed by atoms with van der Waals surface area (Å²) < 4.78 is 32.7. The van der Waals surface area contributed by atoms with Crippen LogP contribution in [0, 0.1) is 0 Å². The highest BCUT2D eigenvalue weighted by atomic mass is 32.2. The summed E-state index contributed by atoms with van der Waals surface area (Å²) in [6.07, 6.45) is 1.26. The second-order valence-electron chi connectivity index (χ2n) is 4.36. The predicted molar refractivity (Wildman–Crippen MR) is 74.2 cm³/mol. The number of sulfonamides is 1. The lowest BCUT2D eigenvalue weighted by Gasteiger charge is -2.11. The molecular weight excluding hydrogens is 286 g/mol. The van der Waals surface area contributed by atoms with Crippen molar-refractivity contribution in [3.8, 4) is 0 Å². The molecule has 0 unspecified atom stereocenters. The highest BCUT2D eigenvalue weighted by Crippen LogP contribution is 2.15. The van der Waals surface area contributed by atoms with Gasteiger partial charge in [0.05, 0.1) is 30.2 Å². The number of aryl methyl sites for hydroxylation is 1. The molecule has 0 spiro atoms. The molecule has 0 radical (unpaired) electrons. The SMILES string of the molecule is CC(C)OCCS(=O)(=O)Nc1c(C(N)=NO)cnn1C. The lowest BCUT2D eigenvalue weighted by atomic mass is 10.3. The van der Waals surface area contributed by atoms with Crippen LogP contribution in [-0.4, -0.2) is 47.7 Å². The number of nitrogens with two attached hydrogens (primary N) is 1. The zero-order valence-electron chi connectivity index (χ0n) is 11.6. The van der Waals surface area contributed by atoms with E-state index in [1.54, 1.807) is 0 Å². The number of anilines is 1. The van der Waals surface area contributed by atoms with Crippen molar-refractivity contribution in [2.24, 2.45) is 17.9 Å². The average Bonchev–Trinajstić information content (AvgIpc) is 2.69. The van der Waals surface area contributed by atoms with Gasteiger partial charge in [-0.1, -0.05) is 5.16 Å². The van der Waals surface area contributed by atoms with Gasteiger partial charge in [-0.05, 0) is 13.8 Å². The van der Waals surface area contributed by atoms with E-state index in [0.29, 0.717) is 0 Å². The van der Waals surface area contributed by atoms with Gasteiger partial charge in [-0.15, -0.1) is 0 Å². The zero-order valence-corrected chi connectivity index (χ0v) is 12.4. The van der Waals surface area contributed by atoms with Crippen molar-refractivity contribution in [2.75, 3.05) is 17.1 Å². The molecule has 4 N–H and O–H groups in total. The van der Waals surface area contributed by atoms with Gasteiger partial charge in [0.25, 0.3) is 0 Å². The van der Waals surface area contributed by atoms with Crippen LogP contribution in [0.25, 0.3) is 0 Å². The van der Waals surface area contributed by atoms with Gasteiger partial charge in [0.2, 0.25) is 10.0 Å². The first-order valence-corrected chi connectivity index (χ1v) is 7.54. The van der Waals surface area contributed by atoms with Gasteiger partial charge in [0.1, 0.15) is 5.82 Å². The second-order valence-corrected chi connectivity index (χ2v) is 6.20. The number of ether oxygens (including phenoxy) is 1. The number of hydrogen-bond acceptors (Lipinski definition) is 6. The molecule has 1 aromatic heterocycles. The highest BCUT2D eigenvalue weighted by molar-refractivity contribution is 7.92. The molecule has 1 aromatic rings. The standard InChI is InChI=1S/C10H19N5O4S/c1-7(2)19-4-5-20(17,18)14-10-8(9(11)13-16)6-12-15(10)3/h6-7,14,16H,4-5H2,1-3H3,(H2,11,13). The van der Waals surface area contributed by atoms with Crippen LogP contribution in [0.2, 0.25) is 0 Å². The largest absolute Gasteiger partial charge is 0.409 e. The van der Waals surface area contributed by atoms with E-state index in [0.717, 1.165) is 0 Å². The lowest BCUT2D eigenvalue weighted by molar-refractivity contribution is 0.0913. The number of aromatic nitrogens is 2. The highest BCUT2D eigenvalue weighted by Gasteiger charge is 2.19. The van der Waals surface area contributed by atoms with E-state index in [-0.39, 0.29) is 35.7 Å². The Bertz CT molecular complexity index is 578. The first kappa shape index (κ1) is 16.2. The fourth-order valence-electron chi connectivity index (χ4n) is 1.39. The first-order valence-electron chi connectivity index (χ1n) is 5.89. The Balaban J connectivity index is 2.85. The number of hydrogen-bond donors (Lipinski definition) is 3. The average molecular weight is 305 g/mol. The lowest BCUT2D eigenvalue weighted by Crippen LogP contribution is -2.24. The van der Waals surface area contributed by atoms with Crippen molar-refractivity contribution in [1.29, 1.82) is 0 Å². The van der Waals surface area contributed by atoms with Gasteiger partial charge in [0.15, 0.2) is 5.84 Å². The monoisotopic (exact) mass is 305 g/mol. The molecule has 1 heterocycles. The molecular formula is C10H19N5O4S. The van der Waals surface area contributed by atoms with E-state index in [1.165, 1.54) is 17.9 Å². The van der Waals surface area contributed by atoms with Crippen molar-refractivity contribution >= 4 is 21.7 Å². The van der Waals surface area contributed by atoms with E-state index in [1.807, 2.05) is 13.8 Å². The third kappa shape index (κ3) is 4.38. The summed E-state index contributed by atoms with van der Waals surface area (Å²) in [5, 5.41) is 15.3. The summed E-state index contributed by atoms with van der Waals surface area (Å²) in [7, 11) is -2.08. The molecule has 0 aliphatic heterocycles. The third-order valence-corrected chi connectivity index (χ3v) is 3.59.